The fourth-order valence-electron chi connectivity index (χ4n) is 2.62. The summed E-state index contributed by atoms with van der Waals surface area (Å²) in [5.74, 6) is 0. The second-order valence-electron chi connectivity index (χ2n) is 5.04. The lowest BCUT2D eigenvalue weighted by Crippen LogP contribution is -2.29. The number of piperidine rings is 1. The highest BCUT2D eigenvalue weighted by Gasteiger charge is 2.18. The zero-order valence-electron chi connectivity index (χ0n) is 11.4. The van der Waals surface area contributed by atoms with E-state index in [1.54, 1.807) is 0 Å². The summed E-state index contributed by atoms with van der Waals surface area (Å²) in [6.45, 7) is 4.57. The molecule has 0 amide bonds. The summed E-state index contributed by atoms with van der Waals surface area (Å²) in [6, 6.07) is 10.6. The Morgan fingerprint density at radius 3 is 2.53 bits per heavy atom. The Bertz CT molecular complexity index is 527. The maximum absolute atomic E-state index is 4.92. The molecule has 1 aromatic carbocycles. The van der Waals surface area contributed by atoms with Gasteiger partial charge in [0.25, 0.3) is 0 Å². The highest BCUT2D eigenvalue weighted by Crippen LogP contribution is 2.34. The molecule has 0 atom stereocenters. The van der Waals surface area contributed by atoms with Gasteiger partial charge in [-0.2, -0.15) is 0 Å². The Kier molecular flexibility index (Phi) is 3.83. The van der Waals surface area contributed by atoms with Crippen LogP contribution in [0.1, 0.15) is 31.1 Å². The second kappa shape index (κ2) is 5.74. The predicted molar refractivity (Wildman–Crippen MR) is 83.0 cm³/mol. The molecule has 3 heteroatoms. The van der Waals surface area contributed by atoms with Crippen molar-refractivity contribution in [1.82, 2.24) is 4.98 Å². The van der Waals surface area contributed by atoms with Crippen LogP contribution in [0.5, 0.6) is 0 Å². The van der Waals surface area contributed by atoms with E-state index < -0.39 is 0 Å². The van der Waals surface area contributed by atoms with Gasteiger partial charge >= 0.3 is 0 Å². The van der Waals surface area contributed by atoms with Crippen LogP contribution >= 0.6 is 11.3 Å². The number of aryl methyl sites for hydroxylation is 1. The van der Waals surface area contributed by atoms with Crippen molar-refractivity contribution in [2.75, 3.05) is 18.0 Å². The fraction of sp³-hybridized carbons (Fsp3) is 0.438. The van der Waals surface area contributed by atoms with Crippen LogP contribution in [0.15, 0.2) is 30.3 Å². The zero-order valence-corrected chi connectivity index (χ0v) is 12.2. The molecule has 0 saturated carbocycles. The lowest BCUT2D eigenvalue weighted by Gasteiger charge is -2.25. The van der Waals surface area contributed by atoms with E-state index in [1.165, 1.54) is 53.6 Å². The summed E-state index contributed by atoms with van der Waals surface area (Å²) in [4.78, 5) is 8.79. The molecular formula is C16H20N2S. The number of rotatable bonds is 3. The molecule has 0 unspecified atom stereocenters. The van der Waals surface area contributed by atoms with Gasteiger partial charge in [-0.3, -0.25) is 0 Å². The van der Waals surface area contributed by atoms with E-state index >= 15 is 0 Å². The van der Waals surface area contributed by atoms with Crippen molar-refractivity contribution >= 4 is 16.5 Å². The predicted octanol–water partition coefficient (Wildman–Crippen LogP) is 4.36. The molecule has 0 N–H and O–H groups in total. The van der Waals surface area contributed by atoms with Gasteiger partial charge in [0.15, 0.2) is 5.13 Å². The van der Waals surface area contributed by atoms with Crippen LogP contribution in [0.25, 0.3) is 11.3 Å². The van der Waals surface area contributed by atoms with Crippen LogP contribution < -0.4 is 4.90 Å². The first-order chi connectivity index (χ1) is 9.38. The van der Waals surface area contributed by atoms with Crippen LogP contribution in [0.2, 0.25) is 0 Å². The molecule has 19 heavy (non-hydrogen) atoms. The van der Waals surface area contributed by atoms with Gasteiger partial charge in [0.05, 0.1) is 5.69 Å². The number of hydrogen-bond donors (Lipinski definition) is 0. The molecule has 1 saturated heterocycles. The van der Waals surface area contributed by atoms with E-state index in [4.69, 9.17) is 4.98 Å². The molecule has 2 heterocycles. The molecule has 0 aliphatic carbocycles. The Labute approximate surface area is 119 Å². The molecule has 2 nitrogen and oxygen atoms in total. The number of aromatic nitrogens is 1. The maximum Gasteiger partial charge on any atom is 0.186 e. The Balaban J connectivity index is 1.94. The summed E-state index contributed by atoms with van der Waals surface area (Å²) >= 11 is 1.88. The standard InChI is InChI=1S/C16H20N2S/c1-2-14-15(13-9-5-3-6-10-13)17-16(19-14)18-11-7-4-8-12-18/h3,5-6,9-10H,2,4,7-8,11-12H2,1H3. The van der Waals surface area contributed by atoms with Gasteiger partial charge in [-0.25, -0.2) is 4.98 Å². The molecule has 2 aromatic rings. The van der Waals surface area contributed by atoms with Crippen molar-refractivity contribution in [3.63, 3.8) is 0 Å². The largest absolute Gasteiger partial charge is 0.348 e. The minimum absolute atomic E-state index is 1.07. The van der Waals surface area contributed by atoms with Gasteiger partial charge < -0.3 is 4.90 Å². The number of thiazole rings is 1. The Morgan fingerprint density at radius 2 is 1.84 bits per heavy atom. The van der Waals surface area contributed by atoms with Gasteiger partial charge in [0.2, 0.25) is 0 Å². The minimum Gasteiger partial charge on any atom is -0.348 e. The SMILES string of the molecule is CCc1sc(N2CCCCC2)nc1-c1ccccc1. The molecule has 3 rings (SSSR count). The lowest BCUT2D eigenvalue weighted by atomic mass is 10.1. The minimum atomic E-state index is 1.07. The fourth-order valence-corrected chi connectivity index (χ4v) is 3.69. The molecule has 0 spiro atoms. The Morgan fingerprint density at radius 1 is 1.11 bits per heavy atom. The van der Waals surface area contributed by atoms with E-state index in [0.717, 1.165) is 6.42 Å². The number of nitrogens with zero attached hydrogens (tertiary/aromatic N) is 2. The Hall–Kier alpha value is -1.35. The first kappa shape index (κ1) is 12.7. The second-order valence-corrected chi connectivity index (χ2v) is 6.10. The van der Waals surface area contributed by atoms with Gasteiger partial charge in [0, 0.05) is 23.5 Å². The summed E-state index contributed by atoms with van der Waals surface area (Å²) < 4.78 is 0. The van der Waals surface area contributed by atoms with Crippen molar-refractivity contribution in [2.24, 2.45) is 0 Å². The molecule has 1 aliphatic heterocycles. The van der Waals surface area contributed by atoms with Crippen molar-refractivity contribution in [3.8, 4) is 11.3 Å². The van der Waals surface area contributed by atoms with E-state index in [0.29, 0.717) is 0 Å². The monoisotopic (exact) mass is 272 g/mol. The molecular weight excluding hydrogens is 252 g/mol. The number of anilines is 1. The highest BCUT2D eigenvalue weighted by atomic mass is 32.1. The quantitative estimate of drug-likeness (QED) is 0.825. The maximum atomic E-state index is 4.92. The summed E-state index contributed by atoms with van der Waals surface area (Å²) in [7, 11) is 0. The molecule has 0 radical (unpaired) electrons. The normalized spacial score (nSPS) is 15.7. The van der Waals surface area contributed by atoms with Crippen LogP contribution in [0.4, 0.5) is 5.13 Å². The lowest BCUT2D eigenvalue weighted by molar-refractivity contribution is 0.577. The topological polar surface area (TPSA) is 16.1 Å². The van der Waals surface area contributed by atoms with Crippen LogP contribution in [0, 0.1) is 0 Å². The van der Waals surface area contributed by atoms with Gasteiger partial charge in [-0.1, -0.05) is 37.3 Å². The average Bonchev–Trinajstić information content (AvgIpc) is 2.93. The number of hydrogen-bond acceptors (Lipinski definition) is 3. The average molecular weight is 272 g/mol. The molecule has 1 fully saturated rings. The van der Waals surface area contributed by atoms with Gasteiger partial charge in [-0.05, 0) is 25.7 Å². The van der Waals surface area contributed by atoms with Crippen LogP contribution in [0.3, 0.4) is 0 Å². The third kappa shape index (κ3) is 2.66. The van der Waals surface area contributed by atoms with E-state index in [9.17, 15) is 0 Å². The molecule has 1 aliphatic rings. The summed E-state index contributed by atoms with van der Waals surface area (Å²) in [5, 5.41) is 1.22. The van der Waals surface area contributed by atoms with Crippen molar-refractivity contribution in [1.29, 1.82) is 0 Å². The molecule has 100 valence electrons. The van der Waals surface area contributed by atoms with Crippen LogP contribution in [-0.2, 0) is 6.42 Å². The summed E-state index contributed by atoms with van der Waals surface area (Å²) in [6.07, 6.45) is 5.05. The van der Waals surface area contributed by atoms with Gasteiger partial charge in [-0.15, -0.1) is 11.3 Å². The smallest absolute Gasteiger partial charge is 0.186 e. The third-order valence-electron chi connectivity index (χ3n) is 3.68. The molecule has 0 bridgehead atoms. The summed E-state index contributed by atoms with van der Waals surface area (Å²) in [5.41, 5.74) is 2.44. The zero-order chi connectivity index (χ0) is 13.1. The van der Waals surface area contributed by atoms with E-state index in [-0.39, 0.29) is 0 Å². The van der Waals surface area contributed by atoms with Gasteiger partial charge in [0.1, 0.15) is 0 Å². The first-order valence-electron chi connectivity index (χ1n) is 7.18. The van der Waals surface area contributed by atoms with E-state index in [2.05, 4.69) is 42.2 Å². The third-order valence-corrected chi connectivity index (χ3v) is 4.94. The van der Waals surface area contributed by atoms with Crippen molar-refractivity contribution < 1.29 is 0 Å². The van der Waals surface area contributed by atoms with E-state index in [1.807, 2.05) is 11.3 Å². The number of benzene rings is 1. The highest BCUT2D eigenvalue weighted by molar-refractivity contribution is 7.16. The van der Waals surface area contributed by atoms with Crippen molar-refractivity contribution in [3.05, 3.63) is 35.2 Å². The first-order valence-corrected chi connectivity index (χ1v) is 8.00. The molecule has 1 aromatic heterocycles. The van der Waals surface area contributed by atoms with Crippen LogP contribution in [-0.4, -0.2) is 18.1 Å². The van der Waals surface area contributed by atoms with Crippen molar-refractivity contribution in [2.45, 2.75) is 32.6 Å².